The Morgan fingerprint density at radius 2 is 2.11 bits per heavy atom. The summed E-state index contributed by atoms with van der Waals surface area (Å²) in [5, 5.41) is 4.58. The molecule has 104 valence electrons. The lowest BCUT2D eigenvalue weighted by Crippen LogP contribution is -2.38. The molecule has 18 heavy (non-hydrogen) atoms. The molecule has 0 spiro atoms. The first-order valence-electron chi connectivity index (χ1n) is 7.16. The molecule has 2 atom stereocenters. The smallest absolute Gasteiger partial charge is 0.0624 e. The van der Waals surface area contributed by atoms with E-state index < -0.39 is 0 Å². The Balaban J connectivity index is 2.71. The first-order chi connectivity index (χ1) is 8.64. The van der Waals surface area contributed by atoms with Gasteiger partial charge in [0.05, 0.1) is 5.69 Å². The van der Waals surface area contributed by atoms with E-state index in [-0.39, 0.29) is 0 Å². The van der Waals surface area contributed by atoms with Crippen LogP contribution in [0.3, 0.4) is 0 Å². The van der Waals surface area contributed by atoms with E-state index in [2.05, 4.69) is 49.0 Å². The van der Waals surface area contributed by atoms with Gasteiger partial charge in [0.25, 0.3) is 0 Å². The number of aromatic nitrogens is 2. The van der Waals surface area contributed by atoms with Crippen LogP contribution in [-0.4, -0.2) is 15.8 Å². The average molecular weight is 252 g/mol. The highest BCUT2D eigenvalue weighted by Crippen LogP contribution is 2.15. The lowest BCUT2D eigenvalue weighted by molar-refractivity contribution is 0.389. The van der Waals surface area contributed by atoms with Crippen LogP contribution in [0.1, 0.15) is 51.9 Å². The van der Waals surface area contributed by atoms with E-state index in [1.165, 1.54) is 17.8 Å². The van der Waals surface area contributed by atoms with E-state index >= 15 is 0 Å². The van der Waals surface area contributed by atoms with Gasteiger partial charge in [-0.1, -0.05) is 27.2 Å². The van der Waals surface area contributed by atoms with Crippen molar-refractivity contribution in [1.29, 1.82) is 0 Å². The van der Waals surface area contributed by atoms with Gasteiger partial charge in [-0.3, -0.25) is 16.0 Å². The van der Waals surface area contributed by atoms with Gasteiger partial charge >= 0.3 is 0 Å². The number of nitrogens with two attached hydrogens (primary N) is 1. The van der Waals surface area contributed by atoms with Crippen molar-refractivity contribution in [3.63, 3.8) is 0 Å². The lowest BCUT2D eigenvalue weighted by atomic mass is 9.96. The van der Waals surface area contributed by atoms with E-state index in [4.69, 9.17) is 5.84 Å². The molecule has 0 aliphatic heterocycles. The zero-order chi connectivity index (χ0) is 13.5. The van der Waals surface area contributed by atoms with Gasteiger partial charge in [0.15, 0.2) is 0 Å². The summed E-state index contributed by atoms with van der Waals surface area (Å²) in [5.74, 6) is 6.38. The third kappa shape index (κ3) is 4.10. The Kier molecular flexibility index (Phi) is 6.36. The molecule has 1 rings (SSSR count). The number of nitrogens with zero attached hydrogens (tertiary/aromatic N) is 2. The van der Waals surface area contributed by atoms with Crippen molar-refractivity contribution in [1.82, 2.24) is 15.2 Å². The monoisotopic (exact) mass is 252 g/mol. The summed E-state index contributed by atoms with van der Waals surface area (Å²) in [6, 6.07) is 2.55. The summed E-state index contributed by atoms with van der Waals surface area (Å²) in [5.41, 5.74) is 5.42. The van der Waals surface area contributed by atoms with Gasteiger partial charge in [-0.2, -0.15) is 5.10 Å². The van der Waals surface area contributed by atoms with Crippen LogP contribution < -0.4 is 11.3 Å². The number of rotatable bonds is 8. The molecule has 0 aliphatic rings. The Labute approximate surface area is 111 Å². The van der Waals surface area contributed by atoms with Gasteiger partial charge in [0.2, 0.25) is 0 Å². The highest BCUT2D eigenvalue weighted by Gasteiger charge is 2.15. The molecule has 4 heteroatoms. The normalized spacial score (nSPS) is 14.7. The minimum absolute atomic E-state index is 0.339. The Hall–Kier alpha value is -0.870. The van der Waals surface area contributed by atoms with Crippen molar-refractivity contribution in [2.24, 2.45) is 11.8 Å². The summed E-state index contributed by atoms with van der Waals surface area (Å²) >= 11 is 0. The second-order valence-corrected chi connectivity index (χ2v) is 5.11. The predicted octanol–water partition coefficient (Wildman–Crippen LogP) is 2.28. The molecule has 0 fully saturated rings. The second kappa shape index (κ2) is 7.54. The molecule has 0 aromatic carbocycles. The van der Waals surface area contributed by atoms with Crippen molar-refractivity contribution in [3.05, 3.63) is 17.5 Å². The minimum Gasteiger partial charge on any atom is -0.271 e. The van der Waals surface area contributed by atoms with Gasteiger partial charge in [-0.05, 0) is 31.7 Å². The van der Waals surface area contributed by atoms with Crippen LogP contribution in [-0.2, 0) is 19.4 Å². The number of hydrazine groups is 1. The van der Waals surface area contributed by atoms with Gasteiger partial charge < -0.3 is 0 Å². The SMILES string of the molecule is CCc1cc(CC(CC(C)CC)NN)n(CC)n1. The summed E-state index contributed by atoms with van der Waals surface area (Å²) in [4.78, 5) is 0. The molecule has 0 aliphatic carbocycles. The predicted molar refractivity (Wildman–Crippen MR) is 76.2 cm³/mol. The number of hydrogen-bond donors (Lipinski definition) is 2. The van der Waals surface area contributed by atoms with Crippen LogP contribution >= 0.6 is 0 Å². The largest absolute Gasteiger partial charge is 0.271 e. The third-order valence-electron chi connectivity index (χ3n) is 3.65. The third-order valence-corrected chi connectivity index (χ3v) is 3.65. The molecule has 2 unspecified atom stereocenters. The van der Waals surface area contributed by atoms with Gasteiger partial charge in [0.1, 0.15) is 0 Å². The fourth-order valence-corrected chi connectivity index (χ4v) is 2.24. The zero-order valence-corrected chi connectivity index (χ0v) is 12.2. The molecule has 0 saturated heterocycles. The molecule has 0 amide bonds. The molecule has 4 nitrogen and oxygen atoms in total. The van der Waals surface area contributed by atoms with E-state index in [9.17, 15) is 0 Å². The van der Waals surface area contributed by atoms with Gasteiger partial charge in [-0.25, -0.2) is 0 Å². The first kappa shape index (κ1) is 15.2. The first-order valence-corrected chi connectivity index (χ1v) is 7.16. The van der Waals surface area contributed by atoms with E-state index in [1.54, 1.807) is 0 Å². The lowest BCUT2D eigenvalue weighted by Gasteiger charge is -2.19. The molecule has 3 N–H and O–H groups in total. The maximum Gasteiger partial charge on any atom is 0.0624 e. The average Bonchev–Trinajstić information content (AvgIpc) is 2.79. The summed E-state index contributed by atoms with van der Waals surface area (Å²) in [6.07, 6.45) is 4.27. The molecule has 1 aromatic heterocycles. The molecule has 0 saturated carbocycles. The van der Waals surface area contributed by atoms with Crippen LogP contribution in [0.15, 0.2) is 6.07 Å². The summed E-state index contributed by atoms with van der Waals surface area (Å²) in [6.45, 7) is 9.71. The Morgan fingerprint density at radius 1 is 1.39 bits per heavy atom. The van der Waals surface area contributed by atoms with Crippen molar-refractivity contribution in [2.75, 3.05) is 0 Å². The summed E-state index contributed by atoms with van der Waals surface area (Å²) in [7, 11) is 0. The topological polar surface area (TPSA) is 55.9 Å². The van der Waals surface area contributed by atoms with Crippen LogP contribution in [0.2, 0.25) is 0 Å². The van der Waals surface area contributed by atoms with Crippen LogP contribution in [0.5, 0.6) is 0 Å². The maximum absolute atomic E-state index is 5.67. The van der Waals surface area contributed by atoms with Crippen LogP contribution in [0, 0.1) is 5.92 Å². The Bertz CT molecular complexity index is 346. The highest BCUT2D eigenvalue weighted by atomic mass is 15.3. The second-order valence-electron chi connectivity index (χ2n) is 5.11. The Morgan fingerprint density at radius 3 is 2.61 bits per heavy atom. The fraction of sp³-hybridized carbons (Fsp3) is 0.786. The quantitative estimate of drug-likeness (QED) is 0.551. The highest BCUT2D eigenvalue weighted by molar-refractivity contribution is 5.12. The van der Waals surface area contributed by atoms with Gasteiger partial charge in [0, 0.05) is 24.7 Å². The van der Waals surface area contributed by atoms with Crippen LogP contribution in [0.4, 0.5) is 0 Å². The van der Waals surface area contributed by atoms with Crippen molar-refractivity contribution < 1.29 is 0 Å². The molecule has 1 aromatic rings. The zero-order valence-electron chi connectivity index (χ0n) is 12.2. The molecular formula is C14H28N4. The standard InChI is InChI=1S/C14H28N4/c1-5-11(4)8-13(16-15)10-14-9-12(6-2)17-18(14)7-3/h9,11,13,16H,5-8,10,15H2,1-4H3. The fourth-order valence-electron chi connectivity index (χ4n) is 2.24. The molecular weight excluding hydrogens is 224 g/mol. The molecule has 0 radical (unpaired) electrons. The van der Waals surface area contributed by atoms with Crippen molar-refractivity contribution in [3.8, 4) is 0 Å². The number of aryl methyl sites for hydroxylation is 2. The van der Waals surface area contributed by atoms with E-state index in [0.29, 0.717) is 12.0 Å². The molecule has 0 bridgehead atoms. The minimum atomic E-state index is 0.339. The number of hydrogen-bond acceptors (Lipinski definition) is 3. The van der Waals surface area contributed by atoms with Gasteiger partial charge in [-0.15, -0.1) is 0 Å². The number of nitrogens with one attached hydrogen (secondary N) is 1. The maximum atomic E-state index is 5.67. The van der Waals surface area contributed by atoms with Crippen molar-refractivity contribution in [2.45, 2.75) is 66.0 Å². The van der Waals surface area contributed by atoms with E-state index in [0.717, 1.165) is 25.8 Å². The van der Waals surface area contributed by atoms with Crippen molar-refractivity contribution >= 4 is 0 Å². The van der Waals surface area contributed by atoms with Crippen LogP contribution in [0.25, 0.3) is 0 Å². The van der Waals surface area contributed by atoms with E-state index in [1.807, 2.05) is 0 Å². The summed E-state index contributed by atoms with van der Waals surface area (Å²) < 4.78 is 2.10. The molecule has 1 heterocycles.